The van der Waals surface area contributed by atoms with Crippen LogP contribution in [0.2, 0.25) is 4.34 Å². The number of fused-ring (bicyclic) bond motifs is 1. The Morgan fingerprint density at radius 3 is 2.92 bits per heavy atom. The number of aromatic nitrogens is 2. The Labute approximate surface area is 170 Å². The minimum absolute atomic E-state index is 0.0317. The van der Waals surface area contributed by atoms with E-state index < -0.39 is 0 Å². The van der Waals surface area contributed by atoms with Crippen LogP contribution in [0.25, 0.3) is 11.0 Å². The number of halogens is 1. The summed E-state index contributed by atoms with van der Waals surface area (Å²) in [5.41, 5.74) is 1.92. The van der Waals surface area contributed by atoms with Gasteiger partial charge in [-0.3, -0.25) is 4.79 Å². The summed E-state index contributed by atoms with van der Waals surface area (Å²) in [6.07, 6.45) is 2.91. The smallest absolute Gasteiger partial charge is 0.230 e. The maximum absolute atomic E-state index is 12.4. The molecular weight excluding hydrogens is 406 g/mol. The van der Waals surface area contributed by atoms with Crippen molar-refractivity contribution in [3.8, 4) is 0 Å². The van der Waals surface area contributed by atoms with Gasteiger partial charge in [-0.2, -0.15) is 11.8 Å². The Hall–Kier alpha value is -1.15. The molecule has 0 aliphatic carbocycles. The van der Waals surface area contributed by atoms with Crippen molar-refractivity contribution in [3.63, 3.8) is 0 Å². The van der Waals surface area contributed by atoms with Crippen molar-refractivity contribution in [3.05, 3.63) is 51.4 Å². The molecule has 1 aromatic carbocycles. The van der Waals surface area contributed by atoms with Gasteiger partial charge in [-0.25, -0.2) is 4.98 Å². The molecule has 0 fully saturated rings. The van der Waals surface area contributed by atoms with Crippen molar-refractivity contribution < 1.29 is 4.79 Å². The fraction of sp³-hybridized carbons (Fsp3) is 0.333. The summed E-state index contributed by atoms with van der Waals surface area (Å²) in [4.78, 5) is 21.6. The monoisotopic (exact) mass is 425 g/mol. The fourth-order valence-electron chi connectivity index (χ4n) is 2.56. The van der Waals surface area contributed by atoms with Gasteiger partial charge in [-0.05, 0) is 42.7 Å². The lowest BCUT2D eigenvalue weighted by Crippen LogP contribution is -2.31. The van der Waals surface area contributed by atoms with Crippen LogP contribution in [0.4, 0.5) is 0 Å². The quantitative estimate of drug-likeness (QED) is 0.499. The molecule has 4 nitrogen and oxygen atoms in total. The van der Waals surface area contributed by atoms with E-state index in [0.717, 1.165) is 39.1 Å². The Kier molecular flexibility index (Phi) is 7.31. The lowest BCUT2D eigenvalue weighted by atomic mass is 10.2. The van der Waals surface area contributed by atoms with Gasteiger partial charge in [-0.15, -0.1) is 23.1 Å². The molecule has 8 heteroatoms. The standard InChI is InChI=1S/C18H20ClN3OS3/c1-24-9-8-15(18-21-13-4-2-3-5-14(13)22-18)20-17(23)11-25-10-12-6-7-16(19)26-12/h2-7,15H,8-11H2,1H3,(H,20,23)(H,21,22)/t15-/m1/s1. The first-order chi connectivity index (χ1) is 12.7. The second-order valence-electron chi connectivity index (χ2n) is 5.74. The van der Waals surface area contributed by atoms with E-state index in [1.54, 1.807) is 34.9 Å². The molecule has 2 aromatic heterocycles. The summed E-state index contributed by atoms with van der Waals surface area (Å²) in [6, 6.07) is 11.7. The number of carbonyl (C=O) groups is 1. The second kappa shape index (κ2) is 9.69. The highest BCUT2D eigenvalue weighted by molar-refractivity contribution is 7.99. The summed E-state index contributed by atoms with van der Waals surface area (Å²) in [6.45, 7) is 0. The summed E-state index contributed by atoms with van der Waals surface area (Å²) in [5, 5.41) is 3.13. The summed E-state index contributed by atoms with van der Waals surface area (Å²) >= 11 is 10.9. The molecule has 0 bridgehead atoms. The van der Waals surface area contributed by atoms with E-state index in [1.807, 2.05) is 36.4 Å². The largest absolute Gasteiger partial charge is 0.345 e. The SMILES string of the molecule is CSCC[C@@H](NC(=O)CSCc1ccc(Cl)s1)c1nc2ccccc2[nH]1. The predicted octanol–water partition coefficient (Wildman–Crippen LogP) is 5.12. The van der Waals surface area contributed by atoms with Gasteiger partial charge in [0.15, 0.2) is 0 Å². The Morgan fingerprint density at radius 2 is 2.19 bits per heavy atom. The van der Waals surface area contributed by atoms with Crippen LogP contribution in [0.5, 0.6) is 0 Å². The third kappa shape index (κ3) is 5.42. The number of carbonyl (C=O) groups excluding carboxylic acids is 1. The number of imidazole rings is 1. The molecule has 138 valence electrons. The van der Waals surface area contributed by atoms with Crippen LogP contribution >= 0.6 is 46.5 Å². The number of thioether (sulfide) groups is 2. The maximum Gasteiger partial charge on any atom is 0.230 e. The number of H-pyrrole nitrogens is 1. The molecule has 26 heavy (non-hydrogen) atoms. The lowest BCUT2D eigenvalue weighted by Gasteiger charge is -2.16. The fourth-order valence-corrected chi connectivity index (χ4v) is 5.07. The van der Waals surface area contributed by atoms with E-state index in [4.69, 9.17) is 11.6 Å². The minimum Gasteiger partial charge on any atom is -0.345 e. The van der Waals surface area contributed by atoms with E-state index >= 15 is 0 Å². The van der Waals surface area contributed by atoms with E-state index in [9.17, 15) is 4.79 Å². The molecule has 0 radical (unpaired) electrons. The molecule has 0 spiro atoms. The number of hydrogen-bond donors (Lipinski definition) is 2. The van der Waals surface area contributed by atoms with Gasteiger partial charge in [-0.1, -0.05) is 23.7 Å². The van der Waals surface area contributed by atoms with Crippen molar-refractivity contribution in [2.24, 2.45) is 0 Å². The van der Waals surface area contributed by atoms with E-state index in [0.29, 0.717) is 5.75 Å². The molecule has 2 heterocycles. The first kappa shape index (κ1) is 19.6. The number of amides is 1. The maximum atomic E-state index is 12.4. The molecule has 0 aliphatic rings. The molecular formula is C18H20ClN3OS3. The van der Waals surface area contributed by atoms with Crippen LogP contribution in [0.1, 0.15) is 23.2 Å². The second-order valence-corrected chi connectivity index (χ2v) is 9.51. The molecule has 1 amide bonds. The molecule has 3 rings (SSSR count). The zero-order valence-corrected chi connectivity index (χ0v) is 17.5. The average molecular weight is 426 g/mol. The van der Waals surface area contributed by atoms with Gasteiger partial charge in [0.2, 0.25) is 5.91 Å². The Bertz CT molecular complexity index is 831. The number of hydrogen-bond acceptors (Lipinski definition) is 5. The highest BCUT2D eigenvalue weighted by Crippen LogP contribution is 2.25. The van der Waals surface area contributed by atoms with Crippen LogP contribution in [0.15, 0.2) is 36.4 Å². The number of thiophene rings is 1. The van der Waals surface area contributed by atoms with Crippen molar-refractivity contribution in [2.45, 2.75) is 18.2 Å². The Balaban J connectivity index is 1.59. The summed E-state index contributed by atoms with van der Waals surface area (Å²) < 4.78 is 0.784. The highest BCUT2D eigenvalue weighted by Gasteiger charge is 2.18. The summed E-state index contributed by atoms with van der Waals surface area (Å²) in [7, 11) is 0. The molecule has 0 unspecified atom stereocenters. The molecule has 0 aliphatic heterocycles. The van der Waals surface area contributed by atoms with Gasteiger partial charge < -0.3 is 10.3 Å². The zero-order chi connectivity index (χ0) is 18.4. The first-order valence-electron chi connectivity index (χ1n) is 8.20. The molecule has 1 atom stereocenters. The third-order valence-corrected chi connectivity index (χ3v) is 6.83. The van der Waals surface area contributed by atoms with E-state index in [2.05, 4.69) is 21.5 Å². The summed E-state index contributed by atoms with van der Waals surface area (Å²) in [5.74, 6) is 3.03. The van der Waals surface area contributed by atoms with Gasteiger partial charge in [0, 0.05) is 10.6 Å². The Morgan fingerprint density at radius 1 is 1.35 bits per heavy atom. The van der Waals surface area contributed by atoms with Crippen molar-refractivity contribution in [1.29, 1.82) is 0 Å². The van der Waals surface area contributed by atoms with Gasteiger partial charge in [0.05, 0.1) is 27.2 Å². The van der Waals surface area contributed by atoms with Crippen molar-refractivity contribution >= 4 is 63.4 Å². The van der Waals surface area contributed by atoms with E-state index in [1.165, 1.54) is 4.88 Å². The van der Waals surface area contributed by atoms with Crippen LogP contribution < -0.4 is 5.32 Å². The van der Waals surface area contributed by atoms with Crippen LogP contribution in [0.3, 0.4) is 0 Å². The lowest BCUT2D eigenvalue weighted by molar-refractivity contribution is -0.119. The van der Waals surface area contributed by atoms with Crippen LogP contribution in [-0.4, -0.2) is 33.6 Å². The zero-order valence-electron chi connectivity index (χ0n) is 14.3. The number of nitrogens with one attached hydrogen (secondary N) is 2. The van der Waals surface area contributed by atoms with Crippen LogP contribution in [0, 0.1) is 0 Å². The van der Waals surface area contributed by atoms with Crippen molar-refractivity contribution in [2.75, 3.05) is 17.8 Å². The van der Waals surface area contributed by atoms with Crippen molar-refractivity contribution in [1.82, 2.24) is 15.3 Å². The molecule has 3 aromatic rings. The van der Waals surface area contributed by atoms with Gasteiger partial charge >= 0.3 is 0 Å². The van der Waals surface area contributed by atoms with Crippen LogP contribution in [-0.2, 0) is 10.5 Å². The third-order valence-electron chi connectivity index (χ3n) is 3.79. The van der Waals surface area contributed by atoms with Gasteiger partial charge in [0.25, 0.3) is 0 Å². The minimum atomic E-state index is -0.0980. The molecule has 2 N–H and O–H groups in total. The normalized spacial score (nSPS) is 12.4. The molecule has 0 saturated heterocycles. The predicted molar refractivity (Wildman–Crippen MR) is 115 cm³/mol. The number of nitrogens with zero attached hydrogens (tertiary/aromatic N) is 1. The van der Waals surface area contributed by atoms with Gasteiger partial charge in [0.1, 0.15) is 5.82 Å². The average Bonchev–Trinajstić information content (AvgIpc) is 3.24. The first-order valence-corrected chi connectivity index (χ1v) is 11.9. The number of para-hydroxylation sites is 2. The van der Waals surface area contributed by atoms with E-state index in [-0.39, 0.29) is 11.9 Å². The topological polar surface area (TPSA) is 57.8 Å². The molecule has 0 saturated carbocycles. The number of aromatic amines is 1. The number of benzene rings is 1. The number of rotatable bonds is 9. The highest BCUT2D eigenvalue weighted by atomic mass is 35.5.